The highest BCUT2D eigenvalue weighted by atomic mass is 16.4. The number of hydrogen-bond acceptors (Lipinski definition) is 3. The Morgan fingerprint density at radius 3 is 2.74 bits per heavy atom. The quantitative estimate of drug-likeness (QED) is 0.899. The number of aliphatic carboxylic acids is 1. The molecule has 2 aromatic rings. The second-order valence-corrected chi connectivity index (χ2v) is 4.78. The first kappa shape index (κ1) is 13.6. The summed E-state index contributed by atoms with van der Waals surface area (Å²) in [4.78, 5) is 12.8. The minimum atomic E-state index is -0.812. The van der Waals surface area contributed by atoms with E-state index < -0.39 is 12.0 Å². The van der Waals surface area contributed by atoms with Crippen LogP contribution in [0.5, 0.6) is 0 Å². The minimum Gasteiger partial charge on any atom is -0.480 e. The summed E-state index contributed by atoms with van der Waals surface area (Å²) in [6.07, 6.45) is 0.805. The lowest BCUT2D eigenvalue weighted by molar-refractivity contribution is -0.142. The molecule has 0 aliphatic rings. The van der Waals surface area contributed by atoms with Crippen molar-refractivity contribution in [1.29, 1.82) is 0 Å². The number of carbonyl (C=O) groups is 1. The molecule has 1 heterocycles. The van der Waals surface area contributed by atoms with Crippen LogP contribution in [0.15, 0.2) is 28.7 Å². The molecule has 1 unspecified atom stereocenters. The number of likely N-dealkylation sites (N-methyl/N-ethyl adjacent to an activating group) is 1. The van der Waals surface area contributed by atoms with Gasteiger partial charge in [0.2, 0.25) is 0 Å². The predicted octanol–water partition coefficient (Wildman–Crippen LogP) is 2.90. The van der Waals surface area contributed by atoms with Crippen LogP contribution in [0, 0.1) is 0 Å². The molecule has 2 rings (SSSR count). The highest BCUT2D eigenvalue weighted by Gasteiger charge is 2.20. The van der Waals surface area contributed by atoms with Gasteiger partial charge in [0.25, 0.3) is 0 Å². The molecular formula is C15H19NO3. The van der Waals surface area contributed by atoms with E-state index in [1.807, 2.05) is 43.1 Å². The fourth-order valence-electron chi connectivity index (χ4n) is 2.18. The third-order valence-electron chi connectivity index (χ3n) is 3.53. The van der Waals surface area contributed by atoms with Crippen LogP contribution in [-0.4, -0.2) is 29.1 Å². The van der Waals surface area contributed by atoms with Crippen LogP contribution in [0.1, 0.15) is 25.2 Å². The van der Waals surface area contributed by atoms with E-state index in [2.05, 4.69) is 0 Å². The normalized spacial score (nSPS) is 13.1. The first-order chi connectivity index (χ1) is 9.04. The van der Waals surface area contributed by atoms with Crippen molar-refractivity contribution >= 4 is 16.9 Å². The first-order valence-electron chi connectivity index (χ1n) is 6.47. The molecule has 1 aromatic carbocycles. The lowest BCUT2D eigenvalue weighted by Crippen LogP contribution is -2.35. The Hall–Kier alpha value is -1.81. The first-order valence-corrected chi connectivity index (χ1v) is 6.47. The maximum absolute atomic E-state index is 11.0. The number of nitrogens with zero attached hydrogens (tertiary/aromatic N) is 1. The molecule has 1 aromatic heterocycles. The van der Waals surface area contributed by atoms with Gasteiger partial charge in [-0.1, -0.05) is 25.1 Å². The van der Waals surface area contributed by atoms with Crippen molar-refractivity contribution in [3.05, 3.63) is 35.6 Å². The number of rotatable bonds is 5. The number of hydrogen-bond donors (Lipinski definition) is 1. The molecule has 4 nitrogen and oxygen atoms in total. The summed E-state index contributed by atoms with van der Waals surface area (Å²) in [5, 5.41) is 10.1. The fourth-order valence-corrected chi connectivity index (χ4v) is 2.18. The number of benzene rings is 1. The van der Waals surface area contributed by atoms with Gasteiger partial charge in [-0.2, -0.15) is 0 Å². The van der Waals surface area contributed by atoms with Gasteiger partial charge in [0.05, 0.1) is 0 Å². The standard InChI is InChI=1S/C15H19NO3/c1-4-13-12(9-16(3)10(2)15(17)18)11-7-5-6-8-14(11)19-13/h5-8,10H,4,9H2,1-3H3,(H,17,18). The van der Waals surface area contributed by atoms with Gasteiger partial charge >= 0.3 is 5.97 Å². The van der Waals surface area contributed by atoms with Crippen molar-refractivity contribution in [2.45, 2.75) is 32.9 Å². The summed E-state index contributed by atoms with van der Waals surface area (Å²) in [7, 11) is 1.82. The molecule has 0 saturated carbocycles. The summed E-state index contributed by atoms with van der Waals surface area (Å²) in [6, 6.07) is 7.36. The molecule has 0 spiro atoms. The average Bonchev–Trinajstić information content (AvgIpc) is 2.76. The van der Waals surface area contributed by atoms with E-state index in [4.69, 9.17) is 9.52 Å². The molecule has 0 aliphatic carbocycles. The Morgan fingerprint density at radius 2 is 2.11 bits per heavy atom. The number of carboxylic acids is 1. The van der Waals surface area contributed by atoms with E-state index in [0.29, 0.717) is 6.54 Å². The van der Waals surface area contributed by atoms with Gasteiger partial charge in [0, 0.05) is 23.9 Å². The SMILES string of the molecule is CCc1oc2ccccc2c1CN(C)C(C)C(=O)O. The maximum Gasteiger partial charge on any atom is 0.320 e. The third-order valence-corrected chi connectivity index (χ3v) is 3.53. The van der Waals surface area contributed by atoms with Gasteiger partial charge in [0.1, 0.15) is 17.4 Å². The average molecular weight is 261 g/mol. The van der Waals surface area contributed by atoms with Crippen LogP contribution in [0.3, 0.4) is 0 Å². The summed E-state index contributed by atoms with van der Waals surface area (Å²) >= 11 is 0. The van der Waals surface area contributed by atoms with Crippen molar-refractivity contribution in [3.8, 4) is 0 Å². The zero-order valence-corrected chi connectivity index (χ0v) is 11.5. The molecule has 0 saturated heterocycles. The molecule has 4 heteroatoms. The number of aryl methyl sites for hydroxylation is 1. The van der Waals surface area contributed by atoms with Crippen molar-refractivity contribution in [2.24, 2.45) is 0 Å². The number of fused-ring (bicyclic) bond motifs is 1. The molecule has 0 fully saturated rings. The molecule has 19 heavy (non-hydrogen) atoms. The van der Waals surface area contributed by atoms with Crippen LogP contribution in [0.2, 0.25) is 0 Å². The second kappa shape index (κ2) is 5.45. The van der Waals surface area contributed by atoms with E-state index in [1.165, 1.54) is 0 Å². The lowest BCUT2D eigenvalue weighted by Gasteiger charge is -2.21. The second-order valence-electron chi connectivity index (χ2n) is 4.78. The van der Waals surface area contributed by atoms with Crippen LogP contribution in [0.25, 0.3) is 11.0 Å². The third kappa shape index (κ3) is 2.63. The van der Waals surface area contributed by atoms with Gasteiger partial charge < -0.3 is 9.52 Å². The zero-order valence-electron chi connectivity index (χ0n) is 11.5. The molecular weight excluding hydrogens is 242 g/mol. The molecule has 0 bridgehead atoms. The largest absolute Gasteiger partial charge is 0.480 e. The molecule has 0 aliphatic heterocycles. The van der Waals surface area contributed by atoms with Crippen LogP contribution in [-0.2, 0) is 17.8 Å². The Morgan fingerprint density at radius 1 is 1.42 bits per heavy atom. The van der Waals surface area contributed by atoms with Gasteiger partial charge in [-0.25, -0.2) is 0 Å². The van der Waals surface area contributed by atoms with E-state index in [0.717, 1.165) is 28.7 Å². The monoisotopic (exact) mass is 261 g/mol. The van der Waals surface area contributed by atoms with Crippen LogP contribution < -0.4 is 0 Å². The summed E-state index contributed by atoms with van der Waals surface area (Å²) in [5.74, 6) is 0.124. The Labute approximate surface area is 112 Å². The Kier molecular flexibility index (Phi) is 3.90. The van der Waals surface area contributed by atoms with Crippen molar-refractivity contribution in [2.75, 3.05) is 7.05 Å². The van der Waals surface area contributed by atoms with Crippen molar-refractivity contribution in [1.82, 2.24) is 4.90 Å². The highest BCUT2D eigenvalue weighted by Crippen LogP contribution is 2.27. The van der Waals surface area contributed by atoms with Crippen molar-refractivity contribution < 1.29 is 14.3 Å². The maximum atomic E-state index is 11.0. The van der Waals surface area contributed by atoms with E-state index in [9.17, 15) is 4.79 Å². The van der Waals surface area contributed by atoms with Crippen LogP contribution in [0.4, 0.5) is 0 Å². The number of para-hydroxylation sites is 1. The van der Waals surface area contributed by atoms with Gasteiger partial charge in [-0.3, -0.25) is 9.69 Å². The van der Waals surface area contributed by atoms with Crippen LogP contribution >= 0.6 is 0 Å². The lowest BCUT2D eigenvalue weighted by atomic mass is 10.1. The summed E-state index contributed by atoms with van der Waals surface area (Å²) in [5.41, 5.74) is 1.96. The van der Waals surface area contributed by atoms with E-state index in [-0.39, 0.29) is 0 Å². The molecule has 0 amide bonds. The van der Waals surface area contributed by atoms with Gasteiger partial charge in [-0.15, -0.1) is 0 Å². The van der Waals surface area contributed by atoms with Crippen molar-refractivity contribution in [3.63, 3.8) is 0 Å². The molecule has 1 N–H and O–H groups in total. The topological polar surface area (TPSA) is 53.7 Å². The van der Waals surface area contributed by atoms with E-state index in [1.54, 1.807) is 6.92 Å². The smallest absolute Gasteiger partial charge is 0.320 e. The van der Waals surface area contributed by atoms with Gasteiger partial charge in [0.15, 0.2) is 0 Å². The summed E-state index contributed by atoms with van der Waals surface area (Å²) < 4.78 is 5.82. The molecule has 0 radical (unpaired) electrons. The minimum absolute atomic E-state index is 0.515. The summed E-state index contributed by atoms with van der Waals surface area (Å²) in [6.45, 7) is 4.31. The Bertz CT molecular complexity index is 588. The zero-order chi connectivity index (χ0) is 14.0. The predicted molar refractivity (Wildman–Crippen MR) is 74.2 cm³/mol. The number of carboxylic acid groups (broad SMARTS) is 1. The molecule has 102 valence electrons. The molecule has 1 atom stereocenters. The fraction of sp³-hybridized carbons (Fsp3) is 0.400. The Balaban J connectivity index is 2.36. The number of furan rings is 1. The van der Waals surface area contributed by atoms with Gasteiger partial charge in [-0.05, 0) is 20.0 Å². The van der Waals surface area contributed by atoms with E-state index >= 15 is 0 Å². The highest BCUT2D eigenvalue weighted by molar-refractivity contribution is 5.82.